The monoisotopic (exact) mass is 570 g/mol. The number of aryl methyl sites for hydroxylation is 2. The largest absolute Gasteiger partial charge is 0.519 e. The fourth-order valence-electron chi connectivity index (χ4n) is 4.62. The Morgan fingerprint density at radius 1 is 0.548 bits per heavy atom. The summed E-state index contributed by atoms with van der Waals surface area (Å²) in [6.07, 6.45) is 0.969. The summed E-state index contributed by atoms with van der Waals surface area (Å²) < 4.78 is 21.7. The van der Waals surface area contributed by atoms with Crippen molar-refractivity contribution in [2.45, 2.75) is 25.7 Å². The van der Waals surface area contributed by atoms with E-state index in [1.807, 2.05) is 12.1 Å². The molecule has 0 bridgehead atoms. The third kappa shape index (κ3) is 6.33. The fourth-order valence-corrected chi connectivity index (χ4v) is 4.62. The molecular formula is C30H22N2O10. The van der Waals surface area contributed by atoms with Crippen molar-refractivity contribution in [1.82, 2.24) is 0 Å². The van der Waals surface area contributed by atoms with Crippen molar-refractivity contribution in [2.75, 3.05) is 0 Å². The molecule has 0 heterocycles. The first kappa shape index (κ1) is 27.8. The van der Waals surface area contributed by atoms with Gasteiger partial charge in [-0.05, 0) is 73.2 Å². The van der Waals surface area contributed by atoms with Crippen molar-refractivity contribution in [1.29, 1.82) is 0 Å². The van der Waals surface area contributed by atoms with Crippen LogP contribution in [0.4, 0.5) is 21.0 Å². The zero-order valence-electron chi connectivity index (χ0n) is 21.9. The lowest BCUT2D eigenvalue weighted by atomic mass is 9.86. The van der Waals surface area contributed by atoms with E-state index in [1.54, 1.807) is 24.3 Å². The number of fused-ring (bicyclic) bond motifs is 3. The van der Waals surface area contributed by atoms with E-state index in [0.29, 0.717) is 24.0 Å². The number of carbonyl (C=O) groups is 2. The molecular weight excluding hydrogens is 548 g/mol. The predicted molar refractivity (Wildman–Crippen MR) is 148 cm³/mol. The molecule has 1 aliphatic carbocycles. The number of non-ortho nitro benzene ring substituents is 2. The molecule has 5 rings (SSSR count). The van der Waals surface area contributed by atoms with Gasteiger partial charge in [-0.1, -0.05) is 24.3 Å². The third-order valence-electron chi connectivity index (χ3n) is 6.50. The average molecular weight is 571 g/mol. The van der Waals surface area contributed by atoms with Gasteiger partial charge in [0, 0.05) is 35.4 Å². The van der Waals surface area contributed by atoms with Crippen molar-refractivity contribution in [3.05, 3.63) is 116 Å². The second kappa shape index (κ2) is 12.2. The topological polar surface area (TPSA) is 157 Å². The van der Waals surface area contributed by atoms with Gasteiger partial charge >= 0.3 is 12.3 Å². The summed E-state index contributed by atoms with van der Waals surface area (Å²) in [5.74, 6) is 0.454. The molecule has 12 heteroatoms. The van der Waals surface area contributed by atoms with Gasteiger partial charge in [-0.3, -0.25) is 20.2 Å². The smallest absolute Gasteiger partial charge is 0.395 e. The lowest BCUT2D eigenvalue weighted by molar-refractivity contribution is -0.385. The van der Waals surface area contributed by atoms with Crippen LogP contribution < -0.4 is 18.9 Å². The van der Waals surface area contributed by atoms with Crippen molar-refractivity contribution in [2.24, 2.45) is 0 Å². The van der Waals surface area contributed by atoms with Crippen LogP contribution in [0.15, 0.2) is 84.9 Å². The third-order valence-corrected chi connectivity index (χ3v) is 6.50. The quantitative estimate of drug-likeness (QED) is 0.100. The number of carbonyl (C=O) groups excluding carboxylic acids is 2. The van der Waals surface area contributed by atoms with Crippen LogP contribution in [0.5, 0.6) is 23.0 Å². The maximum atomic E-state index is 12.8. The first-order valence-electron chi connectivity index (χ1n) is 12.8. The fraction of sp³-hybridized carbons (Fsp3) is 0.133. The van der Waals surface area contributed by atoms with Gasteiger partial charge in [-0.15, -0.1) is 0 Å². The summed E-state index contributed by atoms with van der Waals surface area (Å²) in [6, 6.07) is 20.4. The van der Waals surface area contributed by atoms with Gasteiger partial charge in [0.2, 0.25) is 0 Å². The number of nitrogens with zero attached hydrogens (tertiary/aromatic N) is 2. The summed E-state index contributed by atoms with van der Waals surface area (Å²) in [5.41, 5.74) is 2.50. The molecule has 0 saturated carbocycles. The minimum absolute atomic E-state index is 0.0582. The number of nitro benzene ring substituents is 2. The normalized spacial score (nSPS) is 12.0. The molecule has 0 spiro atoms. The van der Waals surface area contributed by atoms with Gasteiger partial charge in [0.15, 0.2) is 0 Å². The molecule has 4 aromatic carbocycles. The molecule has 1 aliphatic rings. The van der Waals surface area contributed by atoms with E-state index in [2.05, 4.69) is 0 Å². The molecule has 0 amide bonds. The molecule has 0 unspecified atom stereocenters. The van der Waals surface area contributed by atoms with Gasteiger partial charge < -0.3 is 18.9 Å². The zero-order chi connectivity index (χ0) is 29.6. The Kier molecular flexibility index (Phi) is 8.05. The van der Waals surface area contributed by atoms with E-state index in [0.717, 1.165) is 24.0 Å². The highest BCUT2D eigenvalue weighted by Gasteiger charge is 2.25. The summed E-state index contributed by atoms with van der Waals surface area (Å²) in [7, 11) is 0. The lowest BCUT2D eigenvalue weighted by Gasteiger charge is -2.22. The van der Waals surface area contributed by atoms with Crippen molar-refractivity contribution >= 4 is 23.7 Å². The minimum Gasteiger partial charge on any atom is -0.395 e. The predicted octanol–water partition coefficient (Wildman–Crippen LogP) is 7.20. The Hall–Kier alpha value is -5.78. The molecule has 212 valence electrons. The summed E-state index contributed by atoms with van der Waals surface area (Å²) in [4.78, 5) is 46.2. The number of rotatable bonds is 6. The number of nitro groups is 2. The van der Waals surface area contributed by atoms with Crippen molar-refractivity contribution in [3.8, 4) is 34.1 Å². The van der Waals surface area contributed by atoms with Crippen LogP contribution in [-0.2, 0) is 12.8 Å². The number of hydrogen-bond acceptors (Lipinski definition) is 10. The zero-order valence-corrected chi connectivity index (χ0v) is 21.9. The molecule has 0 fully saturated rings. The van der Waals surface area contributed by atoms with Crippen LogP contribution in [0.25, 0.3) is 11.1 Å². The van der Waals surface area contributed by atoms with Crippen molar-refractivity contribution < 1.29 is 38.4 Å². The highest BCUT2D eigenvalue weighted by Crippen LogP contribution is 2.44. The Morgan fingerprint density at radius 2 is 0.929 bits per heavy atom. The molecule has 0 aromatic heterocycles. The molecule has 42 heavy (non-hydrogen) atoms. The molecule has 12 nitrogen and oxygen atoms in total. The van der Waals surface area contributed by atoms with E-state index >= 15 is 0 Å². The van der Waals surface area contributed by atoms with Crippen LogP contribution in [0.1, 0.15) is 24.0 Å². The molecule has 0 atom stereocenters. The maximum Gasteiger partial charge on any atom is 0.519 e. The first-order valence-corrected chi connectivity index (χ1v) is 12.8. The van der Waals surface area contributed by atoms with Gasteiger partial charge in [-0.2, -0.15) is 0 Å². The molecule has 0 saturated heterocycles. The SMILES string of the molecule is O=C(Oc1ccc([N+](=O)[O-])cc1)Oc1cccc2c1-c1c(cccc1OC(=O)Oc1ccc([N+](=O)[O-])cc1)CCCC2. The summed E-state index contributed by atoms with van der Waals surface area (Å²) in [5, 5.41) is 21.8. The second-order valence-electron chi connectivity index (χ2n) is 9.20. The van der Waals surface area contributed by atoms with E-state index in [4.69, 9.17) is 18.9 Å². The Labute approximate surface area is 238 Å². The van der Waals surface area contributed by atoms with Crippen LogP contribution in [0, 0.1) is 20.2 Å². The Morgan fingerprint density at radius 3 is 1.29 bits per heavy atom. The molecule has 0 N–H and O–H groups in total. The van der Waals surface area contributed by atoms with Gasteiger partial charge in [-0.25, -0.2) is 9.59 Å². The maximum absolute atomic E-state index is 12.8. The second-order valence-corrected chi connectivity index (χ2v) is 9.20. The number of benzene rings is 4. The Balaban J connectivity index is 1.43. The van der Waals surface area contributed by atoms with E-state index in [-0.39, 0.29) is 34.4 Å². The summed E-state index contributed by atoms with van der Waals surface area (Å²) >= 11 is 0. The van der Waals surface area contributed by atoms with Crippen LogP contribution in [-0.4, -0.2) is 22.2 Å². The number of ether oxygens (including phenoxy) is 4. The van der Waals surface area contributed by atoms with Crippen LogP contribution in [0.3, 0.4) is 0 Å². The average Bonchev–Trinajstić information content (AvgIpc) is 2.95. The Bertz CT molecular complexity index is 1540. The van der Waals surface area contributed by atoms with Gasteiger partial charge in [0.1, 0.15) is 23.0 Å². The highest BCUT2D eigenvalue weighted by atomic mass is 16.7. The van der Waals surface area contributed by atoms with E-state index < -0.39 is 22.2 Å². The van der Waals surface area contributed by atoms with Gasteiger partial charge in [0.25, 0.3) is 11.4 Å². The van der Waals surface area contributed by atoms with E-state index in [9.17, 15) is 29.8 Å². The van der Waals surface area contributed by atoms with Crippen LogP contribution >= 0.6 is 0 Å². The standard InChI is InChI=1S/C30H22N2O10/c33-29(39-23-15-11-21(12-16-23)31(35)36)41-25-9-3-7-19-5-1-2-6-20-8-4-10-26(28(20)27(19)25)42-30(34)40-24-17-13-22(14-18-24)32(37)38/h3-4,7-18H,1-2,5-6H2. The highest BCUT2D eigenvalue weighted by molar-refractivity contribution is 5.85. The van der Waals surface area contributed by atoms with Crippen molar-refractivity contribution in [3.63, 3.8) is 0 Å². The summed E-state index contributed by atoms with van der Waals surface area (Å²) in [6.45, 7) is 0. The minimum atomic E-state index is -1.06. The van der Waals surface area contributed by atoms with E-state index in [1.165, 1.54) is 48.5 Å². The van der Waals surface area contributed by atoms with Crippen LogP contribution in [0.2, 0.25) is 0 Å². The number of hydrogen-bond donors (Lipinski definition) is 0. The van der Waals surface area contributed by atoms with Gasteiger partial charge in [0.05, 0.1) is 9.85 Å². The molecule has 0 radical (unpaired) electrons. The molecule has 4 aromatic rings. The first-order chi connectivity index (χ1) is 20.3. The lowest BCUT2D eigenvalue weighted by Crippen LogP contribution is -2.17. The molecule has 0 aliphatic heterocycles.